The molecule has 4 nitrogen and oxygen atoms in total. The molecule has 3 aromatic rings. The molecule has 142 valence electrons. The largest absolute Gasteiger partial charge is 0.346 e. The predicted molar refractivity (Wildman–Crippen MR) is 116 cm³/mol. The molecule has 0 fully saturated rings. The molecule has 0 saturated carbocycles. The molecule has 28 heavy (non-hydrogen) atoms. The number of nitrogens with one attached hydrogen (secondary N) is 2. The molecule has 0 heterocycles. The summed E-state index contributed by atoms with van der Waals surface area (Å²) in [7, 11) is 0. The van der Waals surface area contributed by atoms with Gasteiger partial charge in [-0.25, -0.2) is 0 Å². The van der Waals surface area contributed by atoms with E-state index in [1.54, 1.807) is 0 Å². The van der Waals surface area contributed by atoms with Crippen molar-refractivity contribution in [2.24, 2.45) is 0 Å². The first-order valence-electron chi connectivity index (χ1n) is 9.04. The van der Waals surface area contributed by atoms with Gasteiger partial charge in [-0.05, 0) is 28.8 Å². The van der Waals surface area contributed by atoms with E-state index < -0.39 is 0 Å². The topological polar surface area (TPSA) is 58.2 Å². The number of thioether (sulfide) groups is 1. The van der Waals surface area contributed by atoms with Gasteiger partial charge in [0, 0.05) is 11.4 Å². The minimum absolute atomic E-state index is 0.0414. The van der Waals surface area contributed by atoms with E-state index >= 15 is 0 Å². The number of carbonyl (C=O) groups is 2. The van der Waals surface area contributed by atoms with Gasteiger partial charge in [-0.15, -0.1) is 11.8 Å². The zero-order valence-electron chi connectivity index (χ0n) is 15.4. The van der Waals surface area contributed by atoms with Crippen molar-refractivity contribution in [1.29, 1.82) is 0 Å². The molecule has 0 aliphatic heterocycles. The molecule has 2 amide bonds. The van der Waals surface area contributed by atoms with E-state index in [0.717, 1.165) is 16.9 Å². The molecule has 0 bridgehead atoms. The van der Waals surface area contributed by atoms with Crippen LogP contribution in [0, 0.1) is 0 Å². The van der Waals surface area contributed by atoms with Crippen molar-refractivity contribution < 1.29 is 9.59 Å². The Bertz CT molecular complexity index is 914. The highest BCUT2D eigenvalue weighted by molar-refractivity contribution is 7.99. The molecular formula is C23H22N2O2S. The molecular weight excluding hydrogens is 368 g/mol. The maximum absolute atomic E-state index is 12.1. The van der Waals surface area contributed by atoms with Crippen LogP contribution in [0.2, 0.25) is 0 Å². The van der Waals surface area contributed by atoms with Gasteiger partial charge in [-0.3, -0.25) is 9.59 Å². The highest BCUT2D eigenvalue weighted by Crippen LogP contribution is 2.22. The predicted octanol–water partition coefficient (Wildman–Crippen LogP) is 4.34. The molecule has 0 aliphatic rings. The molecule has 0 spiro atoms. The second-order valence-corrected chi connectivity index (χ2v) is 7.24. The summed E-state index contributed by atoms with van der Waals surface area (Å²) in [5, 5.41) is 5.49. The minimum atomic E-state index is -0.244. The van der Waals surface area contributed by atoms with E-state index in [1.807, 2.05) is 84.9 Å². The van der Waals surface area contributed by atoms with Crippen molar-refractivity contribution >= 4 is 29.3 Å². The van der Waals surface area contributed by atoms with Crippen molar-refractivity contribution in [2.75, 3.05) is 17.6 Å². The SMILES string of the molecule is O=C(CSCc1ccccc1)NCC(=O)Nc1cccc(-c2ccccc2)c1. The average Bonchev–Trinajstić information content (AvgIpc) is 2.74. The Morgan fingerprint density at radius 3 is 2.18 bits per heavy atom. The van der Waals surface area contributed by atoms with Crippen LogP contribution in [0.4, 0.5) is 5.69 Å². The Hall–Kier alpha value is -3.05. The molecule has 3 aromatic carbocycles. The molecule has 0 saturated heterocycles. The van der Waals surface area contributed by atoms with Crippen molar-refractivity contribution in [3.05, 3.63) is 90.5 Å². The number of carbonyl (C=O) groups excluding carboxylic acids is 2. The van der Waals surface area contributed by atoms with Crippen molar-refractivity contribution in [2.45, 2.75) is 5.75 Å². The molecule has 0 atom stereocenters. The van der Waals surface area contributed by atoms with Gasteiger partial charge in [0.2, 0.25) is 11.8 Å². The smallest absolute Gasteiger partial charge is 0.243 e. The van der Waals surface area contributed by atoms with Gasteiger partial charge in [0.05, 0.1) is 12.3 Å². The van der Waals surface area contributed by atoms with Gasteiger partial charge >= 0.3 is 0 Å². The van der Waals surface area contributed by atoms with E-state index in [9.17, 15) is 9.59 Å². The third kappa shape index (κ3) is 6.28. The van der Waals surface area contributed by atoms with E-state index in [0.29, 0.717) is 11.4 Å². The van der Waals surface area contributed by atoms with Crippen LogP contribution in [-0.2, 0) is 15.3 Å². The van der Waals surface area contributed by atoms with E-state index in [-0.39, 0.29) is 18.4 Å². The van der Waals surface area contributed by atoms with E-state index in [2.05, 4.69) is 10.6 Å². The summed E-state index contributed by atoms with van der Waals surface area (Å²) < 4.78 is 0. The lowest BCUT2D eigenvalue weighted by Crippen LogP contribution is -2.33. The minimum Gasteiger partial charge on any atom is -0.346 e. The molecule has 0 unspecified atom stereocenters. The van der Waals surface area contributed by atoms with Gasteiger partial charge in [-0.1, -0.05) is 72.8 Å². The first-order chi connectivity index (χ1) is 13.7. The molecule has 0 radical (unpaired) electrons. The molecule has 3 rings (SSSR count). The van der Waals surface area contributed by atoms with E-state index in [4.69, 9.17) is 0 Å². The average molecular weight is 391 g/mol. The standard InChI is InChI=1S/C23H22N2O2S/c26-22(15-24-23(27)17-28-16-18-8-3-1-4-9-18)25-21-13-7-12-20(14-21)19-10-5-2-6-11-19/h1-14H,15-17H2,(H,24,27)(H,25,26). The third-order valence-corrected chi connectivity index (χ3v) is 5.05. The van der Waals surface area contributed by atoms with Crippen LogP contribution in [-0.4, -0.2) is 24.1 Å². The molecule has 5 heteroatoms. The Labute approximate surface area is 169 Å². The zero-order valence-corrected chi connectivity index (χ0v) is 16.2. The Balaban J connectivity index is 1.42. The van der Waals surface area contributed by atoms with Crippen LogP contribution in [0.1, 0.15) is 5.56 Å². The normalized spacial score (nSPS) is 10.3. The zero-order chi connectivity index (χ0) is 19.6. The fourth-order valence-corrected chi connectivity index (χ4v) is 3.50. The van der Waals surface area contributed by atoms with Crippen molar-refractivity contribution in [1.82, 2.24) is 5.32 Å². The maximum atomic E-state index is 12.1. The van der Waals surface area contributed by atoms with Crippen LogP contribution >= 0.6 is 11.8 Å². The van der Waals surface area contributed by atoms with Crippen LogP contribution in [0.25, 0.3) is 11.1 Å². The fourth-order valence-electron chi connectivity index (χ4n) is 2.68. The first kappa shape index (κ1) is 19.7. The summed E-state index contributed by atoms with van der Waals surface area (Å²) in [6, 6.07) is 27.6. The van der Waals surface area contributed by atoms with Gasteiger partial charge < -0.3 is 10.6 Å². The van der Waals surface area contributed by atoms with Gasteiger partial charge in [-0.2, -0.15) is 0 Å². The molecule has 0 aliphatic carbocycles. The van der Waals surface area contributed by atoms with Crippen molar-refractivity contribution in [3.8, 4) is 11.1 Å². The summed E-state index contributed by atoms with van der Waals surface area (Å²) in [5.74, 6) is 0.707. The van der Waals surface area contributed by atoms with Crippen LogP contribution in [0.5, 0.6) is 0 Å². The van der Waals surface area contributed by atoms with Crippen LogP contribution in [0.15, 0.2) is 84.9 Å². The monoisotopic (exact) mass is 390 g/mol. The molecule has 0 aromatic heterocycles. The van der Waals surface area contributed by atoms with Gasteiger partial charge in [0.25, 0.3) is 0 Å². The lowest BCUT2D eigenvalue weighted by molar-refractivity contribution is -0.122. The summed E-state index contributed by atoms with van der Waals surface area (Å²) >= 11 is 1.53. The maximum Gasteiger partial charge on any atom is 0.243 e. The lowest BCUT2D eigenvalue weighted by Gasteiger charge is -2.09. The van der Waals surface area contributed by atoms with Crippen molar-refractivity contribution in [3.63, 3.8) is 0 Å². The number of amides is 2. The number of hydrogen-bond donors (Lipinski definition) is 2. The summed E-state index contributed by atoms with van der Waals surface area (Å²) in [6.07, 6.45) is 0. The van der Waals surface area contributed by atoms with E-state index in [1.165, 1.54) is 17.3 Å². The number of benzene rings is 3. The highest BCUT2D eigenvalue weighted by Gasteiger charge is 2.07. The quantitative estimate of drug-likeness (QED) is 0.601. The second kappa shape index (κ2) is 10.3. The lowest BCUT2D eigenvalue weighted by atomic mass is 10.1. The Morgan fingerprint density at radius 1 is 0.750 bits per heavy atom. The highest BCUT2D eigenvalue weighted by atomic mass is 32.2. The summed E-state index contributed by atoms with van der Waals surface area (Å²) in [4.78, 5) is 24.0. The van der Waals surface area contributed by atoms with Crippen LogP contribution in [0.3, 0.4) is 0 Å². The summed E-state index contributed by atoms with van der Waals surface area (Å²) in [6.45, 7) is -0.0414. The Morgan fingerprint density at radius 2 is 1.43 bits per heavy atom. The fraction of sp³-hybridized carbons (Fsp3) is 0.130. The number of anilines is 1. The van der Waals surface area contributed by atoms with Crippen LogP contribution < -0.4 is 10.6 Å². The third-order valence-electron chi connectivity index (χ3n) is 4.04. The summed E-state index contributed by atoms with van der Waals surface area (Å²) in [5.41, 5.74) is 4.00. The Kier molecular flexibility index (Phi) is 7.27. The number of rotatable bonds is 8. The molecule has 2 N–H and O–H groups in total. The first-order valence-corrected chi connectivity index (χ1v) is 10.2. The van der Waals surface area contributed by atoms with Gasteiger partial charge in [0.1, 0.15) is 0 Å². The van der Waals surface area contributed by atoms with Gasteiger partial charge in [0.15, 0.2) is 0 Å². The number of hydrogen-bond acceptors (Lipinski definition) is 3. The second-order valence-electron chi connectivity index (χ2n) is 6.25.